The van der Waals surface area contributed by atoms with Gasteiger partial charge in [0.15, 0.2) is 5.13 Å². The van der Waals surface area contributed by atoms with Crippen molar-refractivity contribution >= 4 is 28.3 Å². The molecule has 0 saturated heterocycles. The van der Waals surface area contributed by atoms with E-state index in [4.69, 9.17) is 0 Å². The largest absolute Gasteiger partial charge is 0.352 e. The summed E-state index contributed by atoms with van der Waals surface area (Å²) in [5, 5.41) is 8.17. The molecule has 0 aliphatic heterocycles. The lowest BCUT2D eigenvalue weighted by Gasteiger charge is -2.22. The Kier molecular flexibility index (Phi) is 6.61. The minimum atomic E-state index is -0.355. The molecule has 28 heavy (non-hydrogen) atoms. The topological polar surface area (TPSA) is 93.1 Å². The van der Waals surface area contributed by atoms with Gasteiger partial charge in [-0.25, -0.2) is 4.98 Å². The second kappa shape index (κ2) is 9.14. The number of carbonyl (C=O) groups excluding carboxylic acids is 2. The highest BCUT2D eigenvalue weighted by Crippen LogP contribution is 2.22. The zero-order valence-electron chi connectivity index (χ0n) is 16.2. The normalized spacial score (nSPS) is 14.8. The number of thiazole rings is 1. The molecule has 2 N–H and O–H groups in total. The molecule has 0 bridgehead atoms. The van der Waals surface area contributed by atoms with Crippen molar-refractivity contribution in [3.63, 3.8) is 0 Å². The quantitative estimate of drug-likeness (QED) is 0.776. The molecule has 0 aromatic carbocycles. The molecule has 3 rings (SSSR count). The zero-order valence-corrected chi connectivity index (χ0v) is 17.1. The lowest BCUT2D eigenvalue weighted by Crippen LogP contribution is -2.39. The molecule has 0 radical (unpaired) electrons. The number of carbonyl (C=O) groups is 2. The maximum atomic E-state index is 12.5. The maximum Gasteiger partial charge on any atom is 0.258 e. The summed E-state index contributed by atoms with van der Waals surface area (Å²) in [6.45, 7) is 3.98. The Bertz CT molecular complexity index is 897. The zero-order chi connectivity index (χ0) is 20.1. The summed E-state index contributed by atoms with van der Waals surface area (Å²) in [5.74, 6) is -0.273. The Morgan fingerprint density at radius 2 is 2.00 bits per heavy atom. The van der Waals surface area contributed by atoms with Gasteiger partial charge in [0.25, 0.3) is 11.5 Å². The standard InChI is InChI=1S/C20H26N4O3S/c1-13(2)16-12-28-20(22-16)23-19(27)14-8-9-18(26)24(10-14)11-17(25)21-15-6-4-3-5-7-15/h8-10,12-13,15H,3-7,11H2,1-2H3,(H,21,25)(H,22,23,27). The van der Waals surface area contributed by atoms with Gasteiger partial charge >= 0.3 is 0 Å². The van der Waals surface area contributed by atoms with Crippen LogP contribution < -0.4 is 16.2 Å². The summed E-state index contributed by atoms with van der Waals surface area (Å²) in [6.07, 6.45) is 6.84. The summed E-state index contributed by atoms with van der Waals surface area (Å²) < 4.78 is 1.27. The third kappa shape index (κ3) is 5.28. The third-order valence-electron chi connectivity index (χ3n) is 4.86. The van der Waals surface area contributed by atoms with Crippen molar-refractivity contribution in [3.8, 4) is 0 Å². The van der Waals surface area contributed by atoms with Gasteiger partial charge in [0.05, 0.1) is 11.3 Å². The van der Waals surface area contributed by atoms with Crippen molar-refractivity contribution in [2.24, 2.45) is 0 Å². The van der Waals surface area contributed by atoms with Crippen LogP contribution in [0.1, 0.15) is 67.9 Å². The average molecular weight is 403 g/mol. The molecule has 150 valence electrons. The minimum absolute atomic E-state index is 0.0921. The van der Waals surface area contributed by atoms with E-state index in [1.165, 1.54) is 40.7 Å². The van der Waals surface area contributed by atoms with E-state index in [9.17, 15) is 14.4 Å². The minimum Gasteiger partial charge on any atom is -0.352 e. The highest BCUT2D eigenvalue weighted by molar-refractivity contribution is 7.14. The van der Waals surface area contributed by atoms with Gasteiger partial charge in [0.1, 0.15) is 6.54 Å². The van der Waals surface area contributed by atoms with Crippen LogP contribution in [0.3, 0.4) is 0 Å². The second-order valence-electron chi connectivity index (χ2n) is 7.47. The molecule has 0 spiro atoms. The number of aromatic nitrogens is 2. The fraction of sp³-hybridized carbons (Fsp3) is 0.500. The number of pyridine rings is 1. The Balaban J connectivity index is 1.65. The molecule has 7 nitrogen and oxygen atoms in total. The summed E-state index contributed by atoms with van der Waals surface area (Å²) in [7, 11) is 0. The fourth-order valence-corrected chi connectivity index (χ4v) is 4.11. The van der Waals surface area contributed by atoms with Crippen LogP contribution in [-0.4, -0.2) is 27.4 Å². The molecule has 8 heteroatoms. The first-order chi connectivity index (χ1) is 13.4. The van der Waals surface area contributed by atoms with Crippen LogP contribution in [0.25, 0.3) is 0 Å². The van der Waals surface area contributed by atoms with E-state index in [1.54, 1.807) is 0 Å². The van der Waals surface area contributed by atoms with Crippen molar-refractivity contribution in [1.82, 2.24) is 14.9 Å². The van der Waals surface area contributed by atoms with Crippen LogP contribution in [0.5, 0.6) is 0 Å². The molecule has 2 heterocycles. The van der Waals surface area contributed by atoms with E-state index in [0.29, 0.717) is 10.7 Å². The van der Waals surface area contributed by atoms with Crippen LogP contribution in [0.15, 0.2) is 28.5 Å². The first kappa shape index (κ1) is 20.3. The number of nitrogens with zero attached hydrogens (tertiary/aromatic N) is 2. The van der Waals surface area contributed by atoms with Gasteiger partial charge in [-0.3, -0.25) is 19.7 Å². The Hall–Kier alpha value is -2.48. The van der Waals surface area contributed by atoms with E-state index < -0.39 is 0 Å². The molecule has 1 aliphatic rings. The smallest absolute Gasteiger partial charge is 0.258 e. The van der Waals surface area contributed by atoms with Crippen molar-refractivity contribution < 1.29 is 9.59 Å². The van der Waals surface area contributed by atoms with Gasteiger partial charge < -0.3 is 9.88 Å². The number of anilines is 1. The van der Waals surface area contributed by atoms with E-state index in [-0.39, 0.29) is 35.9 Å². The van der Waals surface area contributed by atoms with Gasteiger partial charge in [-0.2, -0.15) is 0 Å². The monoisotopic (exact) mass is 402 g/mol. The molecule has 2 aromatic heterocycles. The average Bonchev–Trinajstić information content (AvgIpc) is 3.13. The van der Waals surface area contributed by atoms with Gasteiger partial charge in [0, 0.05) is 23.7 Å². The van der Waals surface area contributed by atoms with Crippen LogP contribution in [0.4, 0.5) is 5.13 Å². The maximum absolute atomic E-state index is 12.5. The number of hydrogen-bond acceptors (Lipinski definition) is 5. The number of amides is 2. The first-order valence-corrected chi connectivity index (χ1v) is 10.6. The Morgan fingerprint density at radius 1 is 1.25 bits per heavy atom. The van der Waals surface area contributed by atoms with Crippen LogP contribution >= 0.6 is 11.3 Å². The molecule has 1 fully saturated rings. The second-order valence-corrected chi connectivity index (χ2v) is 8.33. The first-order valence-electron chi connectivity index (χ1n) is 9.69. The van der Waals surface area contributed by atoms with Gasteiger partial charge in [-0.05, 0) is 24.8 Å². The highest BCUT2D eigenvalue weighted by atomic mass is 32.1. The molecule has 2 amide bonds. The molecular weight excluding hydrogens is 376 g/mol. The lowest BCUT2D eigenvalue weighted by molar-refractivity contribution is -0.122. The van der Waals surface area contributed by atoms with Crippen molar-refractivity contribution in [3.05, 3.63) is 45.3 Å². The summed E-state index contributed by atoms with van der Waals surface area (Å²) >= 11 is 1.36. The van der Waals surface area contributed by atoms with Gasteiger partial charge in [-0.1, -0.05) is 33.1 Å². The predicted molar refractivity (Wildman–Crippen MR) is 110 cm³/mol. The number of nitrogens with one attached hydrogen (secondary N) is 2. The Labute approximate surface area is 168 Å². The highest BCUT2D eigenvalue weighted by Gasteiger charge is 2.17. The van der Waals surface area contributed by atoms with Crippen molar-refractivity contribution in [2.75, 3.05) is 5.32 Å². The number of rotatable bonds is 6. The number of hydrogen-bond donors (Lipinski definition) is 2. The molecule has 0 unspecified atom stereocenters. The summed E-state index contributed by atoms with van der Waals surface area (Å²) in [6, 6.07) is 2.96. The van der Waals surface area contributed by atoms with E-state index >= 15 is 0 Å². The molecule has 1 saturated carbocycles. The van der Waals surface area contributed by atoms with E-state index in [1.807, 2.05) is 19.2 Å². The SMILES string of the molecule is CC(C)c1csc(NC(=O)c2ccc(=O)n(CC(=O)NC3CCCCC3)c2)n1. The summed E-state index contributed by atoms with van der Waals surface area (Å²) in [5.41, 5.74) is 0.919. The lowest BCUT2D eigenvalue weighted by atomic mass is 9.95. The van der Waals surface area contributed by atoms with E-state index in [0.717, 1.165) is 31.4 Å². The van der Waals surface area contributed by atoms with Crippen molar-refractivity contribution in [1.29, 1.82) is 0 Å². The molecular formula is C20H26N4O3S. The molecule has 1 aliphatic carbocycles. The molecule has 0 atom stereocenters. The fourth-order valence-electron chi connectivity index (χ4n) is 3.24. The third-order valence-corrected chi connectivity index (χ3v) is 5.64. The van der Waals surface area contributed by atoms with Crippen LogP contribution in [0.2, 0.25) is 0 Å². The Morgan fingerprint density at radius 3 is 2.68 bits per heavy atom. The van der Waals surface area contributed by atoms with Gasteiger partial charge in [0.2, 0.25) is 5.91 Å². The van der Waals surface area contributed by atoms with E-state index in [2.05, 4.69) is 15.6 Å². The van der Waals surface area contributed by atoms with Crippen LogP contribution in [0, 0.1) is 0 Å². The van der Waals surface area contributed by atoms with Gasteiger partial charge in [-0.15, -0.1) is 11.3 Å². The molecule has 2 aromatic rings. The predicted octanol–water partition coefficient (Wildman–Crippen LogP) is 3.13. The van der Waals surface area contributed by atoms with Crippen LogP contribution in [-0.2, 0) is 11.3 Å². The van der Waals surface area contributed by atoms with Crippen molar-refractivity contribution in [2.45, 2.75) is 64.5 Å². The summed E-state index contributed by atoms with van der Waals surface area (Å²) in [4.78, 5) is 41.3.